The Morgan fingerprint density at radius 3 is 2.81 bits per heavy atom. The van der Waals surface area contributed by atoms with E-state index in [1.807, 2.05) is 11.9 Å². The third-order valence-corrected chi connectivity index (χ3v) is 6.04. The fraction of sp³-hybridized carbons (Fsp3) is 0.556. The molecule has 1 aliphatic carbocycles. The van der Waals surface area contributed by atoms with Crippen LogP contribution >= 0.6 is 11.9 Å². The second kappa shape index (κ2) is 7.23. The minimum atomic E-state index is -4.37. The number of piperidine rings is 1. The van der Waals surface area contributed by atoms with Crippen molar-refractivity contribution in [2.75, 3.05) is 24.5 Å². The molecule has 1 saturated carbocycles. The monoisotopic (exact) mass is 382 g/mol. The number of aromatic nitrogens is 2. The molecule has 2 fully saturated rings. The highest BCUT2D eigenvalue weighted by molar-refractivity contribution is 7.98. The predicted octanol–water partition coefficient (Wildman–Crippen LogP) is 4.27. The summed E-state index contributed by atoms with van der Waals surface area (Å²) in [6, 6.07) is 3.69. The predicted molar refractivity (Wildman–Crippen MR) is 98.1 cm³/mol. The average Bonchev–Trinajstić information content (AvgIpc) is 3.44. The molecule has 0 radical (unpaired) electrons. The van der Waals surface area contributed by atoms with Crippen molar-refractivity contribution in [1.82, 2.24) is 14.7 Å². The molecule has 1 N–H and O–H groups in total. The summed E-state index contributed by atoms with van der Waals surface area (Å²) >= 11 is 1.82. The molecule has 1 atom stereocenters. The van der Waals surface area contributed by atoms with Crippen molar-refractivity contribution in [3.8, 4) is 0 Å². The number of rotatable bonds is 5. The lowest BCUT2D eigenvalue weighted by Crippen LogP contribution is -2.39. The summed E-state index contributed by atoms with van der Waals surface area (Å²) in [5, 5.41) is 1.24. The second-order valence-electron chi connectivity index (χ2n) is 7.05. The Morgan fingerprint density at radius 1 is 1.19 bits per heavy atom. The van der Waals surface area contributed by atoms with Crippen LogP contribution in [0.25, 0.3) is 10.9 Å². The minimum Gasteiger partial charge on any atom is -0.356 e. The zero-order chi connectivity index (χ0) is 18.1. The van der Waals surface area contributed by atoms with Gasteiger partial charge >= 0.3 is 6.18 Å². The molecule has 0 amide bonds. The fourth-order valence-electron chi connectivity index (χ4n) is 3.37. The summed E-state index contributed by atoms with van der Waals surface area (Å²) in [7, 11) is 0. The van der Waals surface area contributed by atoms with Gasteiger partial charge in [-0.1, -0.05) is 11.9 Å². The molecule has 1 aromatic carbocycles. The molecule has 8 heteroatoms. The lowest BCUT2D eigenvalue weighted by molar-refractivity contribution is -0.137. The van der Waals surface area contributed by atoms with Crippen LogP contribution in [-0.4, -0.2) is 34.9 Å². The van der Waals surface area contributed by atoms with Gasteiger partial charge < -0.3 is 4.90 Å². The summed E-state index contributed by atoms with van der Waals surface area (Å²) in [5.41, 5.74) is -0.107. The van der Waals surface area contributed by atoms with E-state index in [0.29, 0.717) is 22.6 Å². The molecule has 140 valence electrons. The lowest BCUT2D eigenvalue weighted by atomic mass is 9.98. The first-order valence-electron chi connectivity index (χ1n) is 8.96. The topological polar surface area (TPSA) is 41.1 Å². The first-order valence-corrected chi connectivity index (χ1v) is 9.84. The van der Waals surface area contributed by atoms with E-state index >= 15 is 0 Å². The van der Waals surface area contributed by atoms with Crippen molar-refractivity contribution in [2.45, 2.75) is 37.1 Å². The maximum atomic E-state index is 13.1. The minimum absolute atomic E-state index is 0.475. The van der Waals surface area contributed by atoms with E-state index in [2.05, 4.69) is 19.6 Å². The quantitative estimate of drug-likeness (QED) is 0.783. The van der Waals surface area contributed by atoms with Crippen LogP contribution in [-0.2, 0) is 6.18 Å². The van der Waals surface area contributed by atoms with Gasteiger partial charge in [-0.2, -0.15) is 13.2 Å². The smallest absolute Gasteiger partial charge is 0.356 e. The van der Waals surface area contributed by atoms with Crippen molar-refractivity contribution in [1.29, 1.82) is 0 Å². The molecule has 4 nitrogen and oxygen atoms in total. The third kappa shape index (κ3) is 4.06. The molecule has 4 rings (SSSR count). The van der Waals surface area contributed by atoms with Crippen LogP contribution in [0.2, 0.25) is 0 Å². The Labute approximate surface area is 154 Å². The van der Waals surface area contributed by atoms with Crippen LogP contribution in [0.3, 0.4) is 0 Å². The number of hydrogen-bond donors (Lipinski definition) is 1. The molecule has 0 bridgehead atoms. The van der Waals surface area contributed by atoms with Crippen LogP contribution in [0.15, 0.2) is 24.5 Å². The van der Waals surface area contributed by atoms with Crippen molar-refractivity contribution < 1.29 is 13.2 Å². The van der Waals surface area contributed by atoms with Gasteiger partial charge in [0, 0.05) is 30.3 Å². The largest absolute Gasteiger partial charge is 0.416 e. The Hall–Kier alpha value is -1.54. The number of anilines is 1. The Morgan fingerprint density at radius 2 is 2.04 bits per heavy atom. The third-order valence-electron chi connectivity index (χ3n) is 4.91. The van der Waals surface area contributed by atoms with Gasteiger partial charge in [0.25, 0.3) is 0 Å². The molecule has 2 aromatic rings. The Kier molecular flexibility index (Phi) is 4.96. The highest BCUT2D eigenvalue weighted by Gasteiger charge is 2.31. The van der Waals surface area contributed by atoms with Crippen molar-refractivity contribution in [3.63, 3.8) is 0 Å². The van der Waals surface area contributed by atoms with E-state index in [9.17, 15) is 13.2 Å². The average molecular weight is 382 g/mol. The summed E-state index contributed by atoms with van der Waals surface area (Å²) in [6.45, 7) is 2.55. The van der Waals surface area contributed by atoms with Gasteiger partial charge in [0.05, 0.1) is 11.1 Å². The van der Waals surface area contributed by atoms with Crippen LogP contribution in [0.5, 0.6) is 0 Å². The van der Waals surface area contributed by atoms with Gasteiger partial charge in [-0.15, -0.1) is 0 Å². The molecule has 26 heavy (non-hydrogen) atoms. The van der Waals surface area contributed by atoms with Gasteiger partial charge in [-0.25, -0.2) is 9.97 Å². The summed E-state index contributed by atoms with van der Waals surface area (Å²) in [4.78, 5) is 10.6. The number of nitrogens with zero attached hydrogens (tertiary/aromatic N) is 3. The molecule has 2 aliphatic rings. The van der Waals surface area contributed by atoms with E-state index < -0.39 is 11.7 Å². The van der Waals surface area contributed by atoms with Crippen LogP contribution < -0.4 is 9.62 Å². The van der Waals surface area contributed by atoms with Crippen molar-refractivity contribution >= 4 is 28.7 Å². The number of alkyl halides is 3. The van der Waals surface area contributed by atoms with Crippen molar-refractivity contribution in [3.05, 3.63) is 30.1 Å². The van der Waals surface area contributed by atoms with E-state index in [1.54, 1.807) is 0 Å². The Bertz CT molecular complexity index is 779. The van der Waals surface area contributed by atoms with Gasteiger partial charge in [-0.05, 0) is 49.8 Å². The first kappa shape index (κ1) is 17.9. The normalized spacial score (nSPS) is 21.3. The number of benzene rings is 1. The second-order valence-corrected chi connectivity index (χ2v) is 8.24. The Balaban J connectivity index is 1.54. The van der Waals surface area contributed by atoms with Gasteiger partial charge in [0.1, 0.15) is 12.1 Å². The molecule has 0 spiro atoms. The number of nitrogens with one attached hydrogen (secondary N) is 1. The molecule has 1 aliphatic heterocycles. The summed E-state index contributed by atoms with van der Waals surface area (Å²) < 4.78 is 42.8. The highest BCUT2D eigenvalue weighted by Crippen LogP contribution is 2.35. The standard InChI is InChI=1S/C18H21F3N4S/c19-18(20,21)13-3-6-16-15(8-13)17(23-11-22-16)25-7-1-2-12(10-25)9-24-26-14-4-5-14/h3,6,8,11-12,14,24H,1-2,4-5,7,9-10H2. The van der Waals surface area contributed by atoms with E-state index in [0.717, 1.165) is 43.8 Å². The van der Waals surface area contributed by atoms with Gasteiger partial charge in [-0.3, -0.25) is 4.72 Å². The SMILES string of the molecule is FC(F)(F)c1ccc2ncnc(N3CCCC(CNSC4CC4)C3)c2c1. The fourth-order valence-corrected chi connectivity index (χ4v) is 4.30. The van der Waals surface area contributed by atoms with Crippen LogP contribution in [0.1, 0.15) is 31.2 Å². The molecular formula is C18H21F3N4S. The van der Waals surface area contributed by atoms with Crippen LogP contribution in [0, 0.1) is 5.92 Å². The van der Waals surface area contributed by atoms with Crippen molar-refractivity contribution in [2.24, 2.45) is 5.92 Å². The lowest BCUT2D eigenvalue weighted by Gasteiger charge is -2.34. The van der Waals surface area contributed by atoms with Gasteiger partial charge in [0.15, 0.2) is 0 Å². The first-order chi connectivity index (χ1) is 12.5. The van der Waals surface area contributed by atoms with E-state index in [-0.39, 0.29) is 0 Å². The maximum Gasteiger partial charge on any atom is 0.416 e. The number of halogens is 3. The molecule has 1 unspecified atom stereocenters. The summed E-state index contributed by atoms with van der Waals surface area (Å²) in [5.74, 6) is 1.09. The maximum absolute atomic E-state index is 13.1. The zero-order valence-corrected chi connectivity index (χ0v) is 15.1. The molecule has 1 aromatic heterocycles. The zero-order valence-electron chi connectivity index (χ0n) is 14.3. The van der Waals surface area contributed by atoms with E-state index in [4.69, 9.17) is 0 Å². The number of fused-ring (bicyclic) bond motifs is 1. The number of hydrogen-bond acceptors (Lipinski definition) is 5. The molecule has 1 saturated heterocycles. The molecular weight excluding hydrogens is 361 g/mol. The van der Waals surface area contributed by atoms with Gasteiger partial charge in [0.2, 0.25) is 0 Å². The summed E-state index contributed by atoms with van der Waals surface area (Å²) in [6.07, 6.45) is 1.81. The van der Waals surface area contributed by atoms with Crippen LogP contribution in [0.4, 0.5) is 19.0 Å². The highest BCUT2D eigenvalue weighted by atomic mass is 32.2. The van der Waals surface area contributed by atoms with E-state index in [1.165, 1.54) is 31.3 Å². The molecule has 2 heterocycles.